The third-order valence-electron chi connectivity index (χ3n) is 2.55. The number of rotatable bonds is 6. The molecule has 0 heterocycles. The fraction of sp³-hybridized carbons (Fsp3) is 0.462. The quantitative estimate of drug-likeness (QED) is 0.819. The van der Waals surface area contributed by atoms with Crippen LogP contribution in [0.5, 0.6) is 0 Å². The molecule has 0 saturated carbocycles. The molecule has 4 heteroatoms. The summed E-state index contributed by atoms with van der Waals surface area (Å²) < 4.78 is 0. The lowest BCUT2D eigenvalue weighted by Crippen LogP contribution is -2.32. The van der Waals surface area contributed by atoms with Crippen molar-refractivity contribution in [3.05, 3.63) is 29.3 Å². The summed E-state index contributed by atoms with van der Waals surface area (Å²) in [6.07, 6.45) is 1.43. The fourth-order valence-electron chi connectivity index (χ4n) is 1.34. The van der Waals surface area contributed by atoms with Gasteiger partial charge in [0.15, 0.2) is 0 Å². The number of nitrogens with one attached hydrogen (secondary N) is 2. The minimum atomic E-state index is 0.0841. The zero-order valence-corrected chi connectivity index (χ0v) is 11.1. The first-order chi connectivity index (χ1) is 8.11. The Balaban J connectivity index is 2.23. The zero-order chi connectivity index (χ0) is 12.7. The van der Waals surface area contributed by atoms with Crippen LogP contribution < -0.4 is 10.6 Å². The number of halogens is 1. The van der Waals surface area contributed by atoms with Gasteiger partial charge in [-0.05, 0) is 37.6 Å². The molecule has 1 unspecified atom stereocenters. The lowest BCUT2D eigenvalue weighted by atomic mass is 10.2. The molecular formula is C13H19ClN2O. The van der Waals surface area contributed by atoms with Gasteiger partial charge in [0, 0.05) is 29.7 Å². The number of anilines is 1. The second kappa shape index (κ2) is 7.17. The van der Waals surface area contributed by atoms with Gasteiger partial charge in [0.1, 0.15) is 0 Å². The first-order valence-corrected chi connectivity index (χ1v) is 6.28. The summed E-state index contributed by atoms with van der Waals surface area (Å²) in [4.78, 5) is 11.5. The van der Waals surface area contributed by atoms with Crippen molar-refractivity contribution in [3.63, 3.8) is 0 Å². The van der Waals surface area contributed by atoms with Gasteiger partial charge in [0.25, 0.3) is 0 Å². The van der Waals surface area contributed by atoms with E-state index in [-0.39, 0.29) is 11.9 Å². The molecule has 2 N–H and O–H groups in total. The minimum absolute atomic E-state index is 0.0841. The normalized spacial score (nSPS) is 11.9. The first-order valence-electron chi connectivity index (χ1n) is 5.90. The lowest BCUT2D eigenvalue weighted by molar-refractivity contribution is -0.121. The third-order valence-corrected chi connectivity index (χ3v) is 2.80. The van der Waals surface area contributed by atoms with E-state index in [0.717, 1.165) is 12.1 Å². The maximum atomic E-state index is 11.5. The Kier molecular flexibility index (Phi) is 5.84. The van der Waals surface area contributed by atoms with Crippen molar-refractivity contribution in [2.24, 2.45) is 0 Å². The van der Waals surface area contributed by atoms with E-state index in [4.69, 9.17) is 11.6 Å². The first kappa shape index (κ1) is 13.8. The highest BCUT2D eigenvalue weighted by molar-refractivity contribution is 6.30. The summed E-state index contributed by atoms with van der Waals surface area (Å²) >= 11 is 5.78. The molecule has 17 heavy (non-hydrogen) atoms. The fourth-order valence-corrected chi connectivity index (χ4v) is 1.46. The van der Waals surface area contributed by atoms with Gasteiger partial charge in [-0.2, -0.15) is 0 Å². The van der Waals surface area contributed by atoms with E-state index in [1.807, 2.05) is 31.2 Å². The van der Waals surface area contributed by atoms with Crippen molar-refractivity contribution < 1.29 is 4.79 Å². The standard InChI is InChI=1S/C13H19ClN2O/c1-3-10(2)16-13(17)8-9-15-12-6-4-11(14)5-7-12/h4-7,10,15H,3,8-9H2,1-2H3,(H,16,17). The second-order valence-electron chi connectivity index (χ2n) is 4.06. The number of hydrogen-bond donors (Lipinski definition) is 2. The van der Waals surface area contributed by atoms with Crippen LogP contribution in [0.25, 0.3) is 0 Å². The van der Waals surface area contributed by atoms with Gasteiger partial charge in [-0.25, -0.2) is 0 Å². The highest BCUT2D eigenvalue weighted by Crippen LogP contribution is 2.13. The van der Waals surface area contributed by atoms with E-state index in [2.05, 4.69) is 17.6 Å². The van der Waals surface area contributed by atoms with Crippen LogP contribution in [0.1, 0.15) is 26.7 Å². The molecule has 1 rings (SSSR count). The highest BCUT2D eigenvalue weighted by Gasteiger charge is 2.04. The third kappa shape index (κ3) is 5.59. The molecule has 1 aromatic rings. The maximum absolute atomic E-state index is 11.5. The van der Waals surface area contributed by atoms with Gasteiger partial charge in [-0.3, -0.25) is 4.79 Å². The van der Waals surface area contributed by atoms with E-state index >= 15 is 0 Å². The summed E-state index contributed by atoms with van der Waals surface area (Å²) in [6, 6.07) is 7.69. The Bertz CT molecular complexity index is 351. The van der Waals surface area contributed by atoms with Gasteiger partial charge < -0.3 is 10.6 Å². The van der Waals surface area contributed by atoms with E-state index in [9.17, 15) is 4.79 Å². The van der Waals surface area contributed by atoms with Crippen LogP contribution >= 0.6 is 11.6 Å². The molecule has 0 fully saturated rings. The molecule has 1 atom stereocenters. The van der Waals surface area contributed by atoms with Crippen LogP contribution in [0.4, 0.5) is 5.69 Å². The summed E-state index contributed by atoms with van der Waals surface area (Å²) in [7, 11) is 0. The average Bonchev–Trinajstić information content (AvgIpc) is 2.31. The van der Waals surface area contributed by atoms with Gasteiger partial charge >= 0.3 is 0 Å². The van der Waals surface area contributed by atoms with Crippen molar-refractivity contribution in [1.29, 1.82) is 0 Å². The smallest absolute Gasteiger partial charge is 0.221 e. The molecule has 0 saturated heterocycles. The molecule has 0 bridgehead atoms. The van der Waals surface area contributed by atoms with Crippen molar-refractivity contribution in [1.82, 2.24) is 5.32 Å². The number of amides is 1. The molecule has 0 aliphatic rings. The lowest BCUT2D eigenvalue weighted by Gasteiger charge is -2.11. The van der Waals surface area contributed by atoms with Crippen LogP contribution in [-0.4, -0.2) is 18.5 Å². The Morgan fingerprint density at radius 2 is 2.00 bits per heavy atom. The molecule has 0 aliphatic carbocycles. The molecule has 0 radical (unpaired) electrons. The summed E-state index contributed by atoms with van der Waals surface area (Å²) in [5, 5.41) is 6.81. The number of carbonyl (C=O) groups is 1. The molecular weight excluding hydrogens is 236 g/mol. The Labute approximate surface area is 108 Å². The summed E-state index contributed by atoms with van der Waals surface area (Å²) in [5.74, 6) is 0.0841. The van der Waals surface area contributed by atoms with Gasteiger partial charge in [0.05, 0.1) is 0 Å². The van der Waals surface area contributed by atoms with Gasteiger partial charge in [-0.15, -0.1) is 0 Å². The van der Waals surface area contributed by atoms with Gasteiger partial charge in [-0.1, -0.05) is 18.5 Å². The summed E-state index contributed by atoms with van der Waals surface area (Å²) in [5.41, 5.74) is 0.978. The summed E-state index contributed by atoms with van der Waals surface area (Å²) in [6.45, 7) is 4.69. The van der Waals surface area contributed by atoms with Crippen molar-refractivity contribution in [2.45, 2.75) is 32.7 Å². The van der Waals surface area contributed by atoms with E-state index in [1.54, 1.807) is 0 Å². The predicted molar refractivity (Wildman–Crippen MR) is 72.5 cm³/mol. The largest absolute Gasteiger partial charge is 0.385 e. The topological polar surface area (TPSA) is 41.1 Å². The zero-order valence-electron chi connectivity index (χ0n) is 10.3. The SMILES string of the molecule is CCC(C)NC(=O)CCNc1ccc(Cl)cc1. The Morgan fingerprint density at radius 1 is 1.35 bits per heavy atom. The monoisotopic (exact) mass is 254 g/mol. The van der Waals surface area contributed by atoms with Crippen LogP contribution in [0, 0.1) is 0 Å². The van der Waals surface area contributed by atoms with Crippen molar-refractivity contribution in [3.8, 4) is 0 Å². The van der Waals surface area contributed by atoms with Crippen LogP contribution in [0.2, 0.25) is 5.02 Å². The molecule has 3 nitrogen and oxygen atoms in total. The highest BCUT2D eigenvalue weighted by atomic mass is 35.5. The maximum Gasteiger partial charge on any atom is 0.221 e. The average molecular weight is 255 g/mol. The predicted octanol–water partition coefficient (Wildman–Crippen LogP) is 3.06. The van der Waals surface area contributed by atoms with Crippen molar-refractivity contribution in [2.75, 3.05) is 11.9 Å². The Morgan fingerprint density at radius 3 is 2.59 bits per heavy atom. The van der Waals surface area contributed by atoms with Crippen LogP contribution in [0.3, 0.4) is 0 Å². The molecule has 0 spiro atoms. The molecule has 0 aromatic heterocycles. The minimum Gasteiger partial charge on any atom is -0.385 e. The number of benzene rings is 1. The van der Waals surface area contributed by atoms with Gasteiger partial charge in [0.2, 0.25) is 5.91 Å². The second-order valence-corrected chi connectivity index (χ2v) is 4.50. The molecule has 94 valence electrons. The molecule has 1 aromatic carbocycles. The number of hydrogen-bond acceptors (Lipinski definition) is 2. The van der Waals surface area contributed by atoms with Crippen LogP contribution in [-0.2, 0) is 4.79 Å². The Hall–Kier alpha value is -1.22. The molecule has 1 amide bonds. The van der Waals surface area contributed by atoms with Crippen LogP contribution in [0.15, 0.2) is 24.3 Å². The molecule has 0 aliphatic heterocycles. The van der Waals surface area contributed by atoms with E-state index in [1.165, 1.54) is 0 Å². The van der Waals surface area contributed by atoms with E-state index < -0.39 is 0 Å². The van der Waals surface area contributed by atoms with E-state index in [0.29, 0.717) is 18.0 Å². The van der Waals surface area contributed by atoms with Crippen molar-refractivity contribution >= 4 is 23.2 Å². The number of carbonyl (C=O) groups excluding carboxylic acids is 1.